The van der Waals surface area contributed by atoms with E-state index in [1.165, 1.54) is 39.3 Å². The summed E-state index contributed by atoms with van der Waals surface area (Å²) >= 11 is 4.92. The largest absolute Gasteiger partial charge is 0.465 e. The number of thiophene rings is 3. The first kappa shape index (κ1) is 14.6. The monoisotopic (exact) mass is 356 g/mol. The Hall–Kier alpha value is -1.95. The van der Waals surface area contributed by atoms with Gasteiger partial charge in [0, 0.05) is 31.0 Å². The van der Waals surface area contributed by atoms with Crippen molar-refractivity contribution in [2.75, 3.05) is 7.11 Å². The lowest BCUT2D eigenvalue weighted by molar-refractivity contribution is 0.0606. The highest BCUT2D eigenvalue weighted by molar-refractivity contribution is 7.22. The molecule has 0 amide bonds. The summed E-state index contributed by atoms with van der Waals surface area (Å²) in [6.45, 7) is 0. The third-order valence-corrected chi connectivity index (χ3v) is 6.60. The molecule has 0 atom stereocenters. The van der Waals surface area contributed by atoms with Gasteiger partial charge in [-0.2, -0.15) is 0 Å². The molecule has 0 aliphatic carbocycles. The van der Waals surface area contributed by atoms with Crippen molar-refractivity contribution in [1.82, 2.24) is 0 Å². The summed E-state index contributed by atoms with van der Waals surface area (Å²) in [6.07, 6.45) is 0. The number of carbonyl (C=O) groups excluding carboxylic acids is 1. The molecular formula is C18H12O2S3. The maximum Gasteiger partial charge on any atom is 0.348 e. The van der Waals surface area contributed by atoms with E-state index in [0.29, 0.717) is 4.88 Å². The molecule has 5 heteroatoms. The number of benzene rings is 1. The van der Waals surface area contributed by atoms with E-state index >= 15 is 0 Å². The molecule has 1 aromatic carbocycles. The Morgan fingerprint density at radius 3 is 2.22 bits per heavy atom. The van der Waals surface area contributed by atoms with Crippen LogP contribution in [0.25, 0.3) is 31.0 Å². The molecule has 0 N–H and O–H groups in total. The summed E-state index contributed by atoms with van der Waals surface area (Å²) in [6, 6.07) is 14.6. The fourth-order valence-corrected chi connectivity index (χ4v) is 5.32. The molecule has 0 saturated heterocycles. The Balaban J connectivity index is 2.01. The first-order valence-electron chi connectivity index (χ1n) is 7.00. The van der Waals surface area contributed by atoms with E-state index in [1.54, 1.807) is 22.7 Å². The molecule has 3 aromatic heterocycles. The minimum Gasteiger partial charge on any atom is -0.465 e. The smallest absolute Gasteiger partial charge is 0.348 e. The number of methoxy groups -OCH3 is 1. The van der Waals surface area contributed by atoms with Crippen molar-refractivity contribution in [3.05, 3.63) is 58.1 Å². The Labute approximate surface area is 145 Å². The van der Waals surface area contributed by atoms with Crippen molar-refractivity contribution >= 4 is 50.1 Å². The van der Waals surface area contributed by atoms with Crippen LogP contribution in [0.15, 0.2) is 53.2 Å². The van der Waals surface area contributed by atoms with Crippen molar-refractivity contribution in [3.63, 3.8) is 0 Å². The molecule has 2 nitrogen and oxygen atoms in total. The number of fused-ring (bicyclic) bond motifs is 1. The maximum atomic E-state index is 12.0. The van der Waals surface area contributed by atoms with Gasteiger partial charge in [0.2, 0.25) is 0 Å². The van der Waals surface area contributed by atoms with Gasteiger partial charge in [0.15, 0.2) is 0 Å². The summed E-state index contributed by atoms with van der Waals surface area (Å²) < 4.78 is 6.04. The summed E-state index contributed by atoms with van der Waals surface area (Å²) in [7, 11) is 1.42. The zero-order valence-corrected chi connectivity index (χ0v) is 14.7. The first-order chi connectivity index (χ1) is 11.3. The van der Waals surface area contributed by atoms with Crippen LogP contribution < -0.4 is 0 Å². The minimum atomic E-state index is -0.277. The molecule has 0 fully saturated rings. The number of ether oxygens (including phenoxy) is 1. The third-order valence-electron chi connectivity index (χ3n) is 3.64. The SMILES string of the molecule is COC(=O)c1cc2c(-c3cccs3)ccc(-c3cccs3)c2s1. The number of rotatable bonds is 3. The Morgan fingerprint density at radius 2 is 1.61 bits per heavy atom. The topological polar surface area (TPSA) is 26.3 Å². The molecule has 3 heterocycles. The molecule has 0 spiro atoms. The Morgan fingerprint density at radius 1 is 0.957 bits per heavy atom. The van der Waals surface area contributed by atoms with Crippen molar-refractivity contribution in [2.45, 2.75) is 0 Å². The van der Waals surface area contributed by atoms with Gasteiger partial charge in [0.05, 0.1) is 7.11 Å². The number of carbonyl (C=O) groups is 1. The zero-order chi connectivity index (χ0) is 15.8. The Bertz CT molecular complexity index is 892. The van der Waals surface area contributed by atoms with Crippen molar-refractivity contribution in [1.29, 1.82) is 0 Å². The lowest BCUT2D eigenvalue weighted by atomic mass is 10.0. The van der Waals surface area contributed by atoms with E-state index in [1.807, 2.05) is 18.2 Å². The molecule has 0 aliphatic rings. The van der Waals surface area contributed by atoms with Gasteiger partial charge in [-0.3, -0.25) is 0 Å². The minimum absolute atomic E-state index is 0.277. The fourth-order valence-electron chi connectivity index (χ4n) is 2.60. The highest BCUT2D eigenvalue weighted by Gasteiger charge is 2.17. The quantitative estimate of drug-likeness (QED) is 0.412. The van der Waals surface area contributed by atoms with E-state index in [9.17, 15) is 4.79 Å². The second-order valence-electron chi connectivity index (χ2n) is 4.96. The maximum absolute atomic E-state index is 12.0. The molecule has 114 valence electrons. The predicted octanol–water partition coefficient (Wildman–Crippen LogP) is 6.14. The van der Waals surface area contributed by atoms with E-state index in [0.717, 1.165) is 10.1 Å². The number of hydrogen-bond acceptors (Lipinski definition) is 5. The first-order valence-corrected chi connectivity index (χ1v) is 9.58. The van der Waals surface area contributed by atoms with Crippen LogP contribution >= 0.6 is 34.0 Å². The molecular weight excluding hydrogens is 344 g/mol. The predicted molar refractivity (Wildman–Crippen MR) is 99.8 cm³/mol. The van der Waals surface area contributed by atoms with Gasteiger partial charge >= 0.3 is 5.97 Å². The molecule has 0 radical (unpaired) electrons. The summed E-state index contributed by atoms with van der Waals surface area (Å²) in [5, 5.41) is 5.26. The third kappa shape index (κ3) is 2.51. The molecule has 0 unspecified atom stereocenters. The van der Waals surface area contributed by atoms with Crippen LogP contribution in [0, 0.1) is 0 Å². The summed E-state index contributed by atoms with van der Waals surface area (Å²) in [5.74, 6) is -0.277. The van der Waals surface area contributed by atoms with Crippen LogP contribution in [-0.4, -0.2) is 13.1 Å². The summed E-state index contributed by atoms with van der Waals surface area (Å²) in [4.78, 5) is 15.0. The standard InChI is InChI=1S/C18H12O2S3/c1-20-18(19)16-10-13-11(14-4-2-8-21-14)6-7-12(17(13)23-16)15-5-3-9-22-15/h2-10H,1H3. The summed E-state index contributed by atoms with van der Waals surface area (Å²) in [5.41, 5.74) is 2.34. The average molecular weight is 356 g/mol. The van der Waals surface area contributed by atoms with Gasteiger partial charge < -0.3 is 4.74 Å². The molecule has 4 aromatic rings. The highest BCUT2D eigenvalue weighted by Crippen LogP contribution is 2.42. The molecule has 0 bridgehead atoms. The molecule has 4 rings (SSSR count). The van der Waals surface area contributed by atoms with Gasteiger partial charge in [-0.1, -0.05) is 24.3 Å². The van der Waals surface area contributed by atoms with E-state index < -0.39 is 0 Å². The lowest BCUT2D eigenvalue weighted by Crippen LogP contribution is -1.96. The second kappa shape index (κ2) is 5.92. The van der Waals surface area contributed by atoms with Gasteiger partial charge in [0.25, 0.3) is 0 Å². The average Bonchev–Trinajstić information content (AvgIpc) is 3.33. The van der Waals surface area contributed by atoms with Gasteiger partial charge in [-0.25, -0.2) is 4.79 Å². The van der Waals surface area contributed by atoms with Gasteiger partial charge in [-0.15, -0.1) is 34.0 Å². The highest BCUT2D eigenvalue weighted by atomic mass is 32.1. The van der Waals surface area contributed by atoms with Crippen LogP contribution in [0.1, 0.15) is 9.67 Å². The van der Waals surface area contributed by atoms with E-state index in [4.69, 9.17) is 4.74 Å². The van der Waals surface area contributed by atoms with Crippen LogP contribution in [0.3, 0.4) is 0 Å². The van der Waals surface area contributed by atoms with Crippen LogP contribution in [0.2, 0.25) is 0 Å². The van der Waals surface area contributed by atoms with E-state index in [2.05, 4.69) is 35.0 Å². The number of hydrogen-bond donors (Lipinski definition) is 0. The lowest BCUT2D eigenvalue weighted by Gasteiger charge is -2.05. The van der Waals surface area contributed by atoms with Gasteiger partial charge in [0.1, 0.15) is 4.88 Å². The van der Waals surface area contributed by atoms with Crippen LogP contribution in [-0.2, 0) is 4.74 Å². The van der Waals surface area contributed by atoms with Crippen molar-refractivity contribution in [2.24, 2.45) is 0 Å². The molecule has 23 heavy (non-hydrogen) atoms. The van der Waals surface area contributed by atoms with Crippen LogP contribution in [0.4, 0.5) is 0 Å². The van der Waals surface area contributed by atoms with Gasteiger partial charge in [-0.05, 0) is 29.0 Å². The molecule has 0 aliphatic heterocycles. The molecule has 0 saturated carbocycles. The van der Waals surface area contributed by atoms with E-state index in [-0.39, 0.29) is 5.97 Å². The van der Waals surface area contributed by atoms with Crippen LogP contribution in [0.5, 0.6) is 0 Å². The Kier molecular flexibility index (Phi) is 3.77. The van der Waals surface area contributed by atoms with Crippen molar-refractivity contribution in [3.8, 4) is 20.9 Å². The number of esters is 1. The second-order valence-corrected chi connectivity index (χ2v) is 7.91. The van der Waals surface area contributed by atoms with Crippen molar-refractivity contribution < 1.29 is 9.53 Å². The fraction of sp³-hybridized carbons (Fsp3) is 0.0556. The zero-order valence-electron chi connectivity index (χ0n) is 12.2. The normalized spacial score (nSPS) is 11.0.